The van der Waals surface area contributed by atoms with Gasteiger partial charge in [-0.1, -0.05) is 19.9 Å². The van der Waals surface area contributed by atoms with Crippen molar-refractivity contribution in [3.8, 4) is 5.75 Å². The van der Waals surface area contributed by atoms with Crippen molar-refractivity contribution >= 4 is 14.3 Å². The van der Waals surface area contributed by atoms with Crippen molar-refractivity contribution in [3.05, 3.63) is 53.5 Å². The summed E-state index contributed by atoms with van der Waals surface area (Å²) in [6.07, 6.45) is 1.53. The average Bonchev–Trinajstić information content (AvgIpc) is 3.15. The van der Waals surface area contributed by atoms with Crippen molar-refractivity contribution < 1.29 is 27.7 Å². The fraction of sp³-hybridized carbons (Fsp3) is 0.450. The number of carbonyl (C=O) groups excluding carboxylic acids is 1. The van der Waals surface area contributed by atoms with Gasteiger partial charge in [0, 0.05) is 5.41 Å². The predicted octanol–water partition coefficient (Wildman–Crippen LogP) is 4.90. The number of benzene rings is 1. The Kier molecular flexibility index (Phi) is 6.20. The molecule has 3 rings (SSSR count). The zero-order chi connectivity index (χ0) is 19.4. The van der Waals surface area contributed by atoms with E-state index < -0.39 is 20.2 Å². The first kappa shape index (κ1) is 19.9. The quantitative estimate of drug-likeness (QED) is 0.514. The van der Waals surface area contributed by atoms with Crippen LogP contribution in [0.3, 0.4) is 0 Å². The summed E-state index contributed by atoms with van der Waals surface area (Å²) in [4.78, 5) is 12.4. The first-order chi connectivity index (χ1) is 12.8. The van der Waals surface area contributed by atoms with E-state index in [0.29, 0.717) is 24.7 Å². The van der Waals surface area contributed by atoms with E-state index in [9.17, 15) is 4.79 Å². The van der Waals surface area contributed by atoms with Crippen LogP contribution in [0.15, 0.2) is 41.0 Å². The molecule has 0 bridgehead atoms. The van der Waals surface area contributed by atoms with E-state index in [-0.39, 0.29) is 12.0 Å². The van der Waals surface area contributed by atoms with Crippen molar-refractivity contribution in [2.75, 3.05) is 19.8 Å². The molecule has 1 atom stereocenters. The van der Waals surface area contributed by atoms with E-state index in [2.05, 4.69) is 13.8 Å². The number of hydrogen-bond acceptors (Lipinski definition) is 6. The monoisotopic (exact) mass is 392 g/mol. The van der Waals surface area contributed by atoms with Crippen LogP contribution in [-0.2, 0) is 18.6 Å². The van der Waals surface area contributed by atoms with Crippen LogP contribution in [0, 0.1) is 19.3 Å². The first-order valence-electron chi connectivity index (χ1n) is 8.82. The lowest BCUT2D eigenvalue weighted by Crippen LogP contribution is -2.30. The van der Waals surface area contributed by atoms with Crippen LogP contribution in [0.25, 0.3) is 0 Å². The van der Waals surface area contributed by atoms with Crippen molar-refractivity contribution in [1.29, 1.82) is 0 Å². The maximum Gasteiger partial charge on any atom is 0.345 e. The molecule has 1 aliphatic heterocycles. The lowest BCUT2D eigenvalue weighted by Gasteiger charge is -2.35. The van der Waals surface area contributed by atoms with Crippen LogP contribution < -0.4 is 4.74 Å². The van der Waals surface area contributed by atoms with Gasteiger partial charge in [-0.15, -0.1) is 0 Å². The van der Waals surface area contributed by atoms with Crippen LogP contribution >= 0.6 is 8.38 Å². The van der Waals surface area contributed by atoms with Gasteiger partial charge in [0.25, 0.3) is 0 Å². The standard InChI is InChI=1S/C20H25O6P/c1-14-7-8-16(10-15(14)2)23-11-18(21)26-19(17-6-5-9-22-17)27-24-12-20(3,4)13-25-27/h5-10,19H,11-13H2,1-4H3. The van der Waals surface area contributed by atoms with Gasteiger partial charge in [0.2, 0.25) is 14.2 Å². The summed E-state index contributed by atoms with van der Waals surface area (Å²) in [6, 6.07) is 9.17. The molecule has 7 heteroatoms. The molecule has 2 heterocycles. The number of ether oxygens (including phenoxy) is 2. The Morgan fingerprint density at radius 3 is 2.56 bits per heavy atom. The number of hydrogen-bond donors (Lipinski definition) is 0. The maximum absolute atomic E-state index is 12.4. The van der Waals surface area contributed by atoms with Crippen LogP contribution in [0.1, 0.15) is 36.6 Å². The molecule has 1 aromatic heterocycles. The molecule has 1 unspecified atom stereocenters. The normalized spacial score (nSPS) is 18.1. The molecule has 2 aromatic rings. The summed E-state index contributed by atoms with van der Waals surface area (Å²) in [5, 5.41) is 0. The summed E-state index contributed by atoms with van der Waals surface area (Å²) >= 11 is 0. The fourth-order valence-corrected chi connectivity index (χ4v) is 4.29. The molecule has 0 amide bonds. The summed E-state index contributed by atoms with van der Waals surface area (Å²) in [5.74, 6) is -0.0984. The van der Waals surface area contributed by atoms with Crippen LogP contribution in [0.5, 0.6) is 5.75 Å². The van der Waals surface area contributed by atoms with Gasteiger partial charge in [0.15, 0.2) is 12.4 Å². The number of carbonyl (C=O) groups is 1. The van der Waals surface area contributed by atoms with Crippen LogP contribution in [0.4, 0.5) is 0 Å². The second kappa shape index (κ2) is 8.42. The second-order valence-corrected chi connectivity index (χ2v) is 8.94. The Morgan fingerprint density at radius 1 is 1.19 bits per heavy atom. The Bertz CT molecular complexity index is 761. The molecule has 0 spiro atoms. The molecule has 146 valence electrons. The zero-order valence-electron chi connectivity index (χ0n) is 16.1. The van der Waals surface area contributed by atoms with E-state index >= 15 is 0 Å². The minimum Gasteiger partial charge on any atom is -0.482 e. The summed E-state index contributed by atoms with van der Waals surface area (Å²) in [7, 11) is -1.44. The third-order valence-corrected chi connectivity index (χ3v) is 5.73. The van der Waals surface area contributed by atoms with Gasteiger partial charge < -0.3 is 22.9 Å². The zero-order valence-corrected chi connectivity index (χ0v) is 17.0. The molecule has 1 aliphatic rings. The van der Waals surface area contributed by atoms with Gasteiger partial charge in [-0.25, -0.2) is 4.79 Å². The lowest BCUT2D eigenvalue weighted by molar-refractivity contribution is -0.149. The van der Waals surface area contributed by atoms with E-state index in [1.165, 1.54) is 11.8 Å². The van der Waals surface area contributed by atoms with Crippen molar-refractivity contribution in [3.63, 3.8) is 0 Å². The molecule has 0 aliphatic carbocycles. The van der Waals surface area contributed by atoms with Crippen molar-refractivity contribution in [1.82, 2.24) is 0 Å². The van der Waals surface area contributed by atoms with Crippen molar-refractivity contribution in [2.45, 2.75) is 33.5 Å². The minimum absolute atomic E-state index is 0.0665. The third kappa shape index (κ3) is 5.32. The first-order valence-corrected chi connectivity index (χ1v) is 10.1. The minimum atomic E-state index is -1.44. The van der Waals surface area contributed by atoms with Crippen LogP contribution in [-0.4, -0.2) is 25.8 Å². The maximum atomic E-state index is 12.4. The lowest BCUT2D eigenvalue weighted by atomic mass is 9.97. The van der Waals surface area contributed by atoms with Gasteiger partial charge in [0.1, 0.15) is 5.75 Å². The van der Waals surface area contributed by atoms with E-state index in [1.54, 1.807) is 12.1 Å². The SMILES string of the molecule is Cc1ccc(OCC(=O)OC(c2ccco2)P2OCC(C)(C)CO2)cc1C. The number of aryl methyl sites for hydroxylation is 2. The Balaban J connectivity index is 1.62. The molecular weight excluding hydrogens is 367 g/mol. The Labute approximate surface area is 160 Å². The molecule has 1 aromatic carbocycles. The Hall–Kier alpha value is -1.88. The number of esters is 1. The largest absolute Gasteiger partial charge is 0.482 e. The summed E-state index contributed by atoms with van der Waals surface area (Å²) in [6.45, 7) is 9.01. The molecule has 0 N–H and O–H groups in total. The molecule has 0 saturated carbocycles. The van der Waals surface area contributed by atoms with E-state index in [1.807, 2.05) is 32.0 Å². The highest BCUT2D eigenvalue weighted by Gasteiger charge is 2.38. The highest BCUT2D eigenvalue weighted by Crippen LogP contribution is 2.57. The average molecular weight is 392 g/mol. The van der Waals surface area contributed by atoms with Gasteiger partial charge >= 0.3 is 5.97 Å². The Morgan fingerprint density at radius 2 is 1.93 bits per heavy atom. The topological polar surface area (TPSA) is 67.1 Å². The van der Waals surface area contributed by atoms with Crippen LogP contribution in [0.2, 0.25) is 0 Å². The molecule has 1 fully saturated rings. The molecular formula is C20H25O6P. The van der Waals surface area contributed by atoms with E-state index in [0.717, 1.165) is 5.56 Å². The van der Waals surface area contributed by atoms with Gasteiger partial charge in [0.05, 0.1) is 19.5 Å². The summed E-state index contributed by atoms with van der Waals surface area (Å²) in [5.41, 5.74) is 2.20. The third-order valence-electron chi connectivity index (χ3n) is 4.22. The van der Waals surface area contributed by atoms with Crippen molar-refractivity contribution in [2.24, 2.45) is 5.41 Å². The second-order valence-electron chi connectivity index (χ2n) is 7.39. The highest BCUT2D eigenvalue weighted by atomic mass is 31.2. The number of furan rings is 1. The summed E-state index contributed by atoms with van der Waals surface area (Å²) < 4.78 is 28.3. The van der Waals surface area contributed by atoms with E-state index in [4.69, 9.17) is 22.9 Å². The number of rotatable bonds is 6. The molecule has 1 saturated heterocycles. The van der Waals surface area contributed by atoms with Gasteiger partial charge in [-0.3, -0.25) is 0 Å². The fourth-order valence-electron chi connectivity index (χ4n) is 2.43. The molecule has 0 radical (unpaired) electrons. The predicted molar refractivity (Wildman–Crippen MR) is 102 cm³/mol. The molecule has 6 nitrogen and oxygen atoms in total. The van der Waals surface area contributed by atoms with Gasteiger partial charge in [-0.2, -0.15) is 0 Å². The molecule has 27 heavy (non-hydrogen) atoms. The van der Waals surface area contributed by atoms with Gasteiger partial charge in [-0.05, 0) is 49.2 Å². The smallest absolute Gasteiger partial charge is 0.345 e. The highest BCUT2D eigenvalue weighted by molar-refractivity contribution is 7.47.